The van der Waals surface area contributed by atoms with Gasteiger partial charge in [-0.3, -0.25) is 19.7 Å². The maximum absolute atomic E-state index is 13.0. The van der Waals surface area contributed by atoms with Gasteiger partial charge in [-0.2, -0.15) is 24.9 Å². The largest absolute Gasteiger partial charge is 0.457 e. The lowest BCUT2D eigenvalue weighted by atomic mass is 9.96. The van der Waals surface area contributed by atoms with E-state index < -0.39 is 22.8 Å². The van der Waals surface area contributed by atoms with Gasteiger partial charge in [0.25, 0.3) is 0 Å². The summed E-state index contributed by atoms with van der Waals surface area (Å²) in [5.41, 5.74) is 0.850. The molecule has 3 rings (SSSR count). The number of thioether (sulfide) groups is 1. The Bertz CT molecular complexity index is 1020. The third kappa shape index (κ3) is 4.92. The number of rotatable bonds is 7. The van der Waals surface area contributed by atoms with E-state index >= 15 is 0 Å². The number of ether oxygens (including phenoxy) is 1. The monoisotopic (exact) mass is 451 g/mol. The number of aryl methyl sites for hydroxylation is 1. The van der Waals surface area contributed by atoms with Crippen molar-refractivity contribution < 1.29 is 32.3 Å². The number of hydrogen-bond acceptors (Lipinski definition) is 5. The van der Waals surface area contributed by atoms with Gasteiger partial charge >= 0.3 is 6.18 Å². The minimum atomic E-state index is -4.56. The quantitative estimate of drug-likeness (QED) is 0.487. The number of Topliss-reactive ketones (excluding diaryl/α,β-unsaturated/α-hetero) is 1. The number of fused-ring (bicyclic) bond motifs is 1. The first-order chi connectivity index (χ1) is 14.7. The second-order valence-corrected chi connectivity index (χ2v) is 8.13. The summed E-state index contributed by atoms with van der Waals surface area (Å²) in [6.07, 6.45) is -0.979. The Labute approximate surface area is 181 Å². The van der Waals surface area contributed by atoms with Crippen LogP contribution in [0.3, 0.4) is 0 Å². The van der Waals surface area contributed by atoms with Crippen molar-refractivity contribution in [3.8, 4) is 11.5 Å². The SMILES string of the molecule is CSC(C(=O)NC=O)[C@@H]1CCc2cc(Oc3ccc(C(F)(F)F)cc3C(C)=O)ccc21. The summed E-state index contributed by atoms with van der Waals surface area (Å²) in [5.74, 6) is -0.525. The first-order valence-corrected chi connectivity index (χ1v) is 10.7. The Morgan fingerprint density at radius 3 is 2.58 bits per heavy atom. The molecular weight excluding hydrogens is 431 g/mol. The fourth-order valence-electron chi connectivity index (χ4n) is 3.80. The number of carbonyl (C=O) groups is 3. The highest BCUT2D eigenvalue weighted by atomic mass is 32.2. The molecule has 0 bridgehead atoms. The Balaban J connectivity index is 1.87. The van der Waals surface area contributed by atoms with Crippen LogP contribution >= 0.6 is 11.8 Å². The van der Waals surface area contributed by atoms with Crippen LogP contribution in [-0.4, -0.2) is 29.6 Å². The van der Waals surface area contributed by atoms with Gasteiger partial charge in [0, 0.05) is 5.92 Å². The highest BCUT2D eigenvalue weighted by Gasteiger charge is 2.34. The van der Waals surface area contributed by atoms with E-state index in [1.807, 2.05) is 6.07 Å². The topological polar surface area (TPSA) is 72.5 Å². The number of imide groups is 1. The molecule has 0 fully saturated rings. The van der Waals surface area contributed by atoms with Gasteiger partial charge in [0.1, 0.15) is 11.5 Å². The van der Waals surface area contributed by atoms with Gasteiger partial charge in [0.15, 0.2) is 5.78 Å². The molecule has 1 N–H and O–H groups in total. The highest BCUT2D eigenvalue weighted by molar-refractivity contribution is 8.00. The number of alkyl halides is 3. The molecule has 2 aromatic rings. The van der Waals surface area contributed by atoms with Crippen LogP contribution in [0.25, 0.3) is 0 Å². The van der Waals surface area contributed by atoms with E-state index in [1.54, 1.807) is 18.4 Å². The second kappa shape index (κ2) is 9.13. The summed E-state index contributed by atoms with van der Waals surface area (Å²) < 4.78 is 44.7. The molecule has 0 radical (unpaired) electrons. The number of halogens is 3. The number of hydrogen-bond donors (Lipinski definition) is 1. The summed E-state index contributed by atoms with van der Waals surface area (Å²) in [4.78, 5) is 34.7. The maximum atomic E-state index is 13.0. The van der Waals surface area contributed by atoms with Crippen LogP contribution in [0.1, 0.15) is 46.3 Å². The van der Waals surface area contributed by atoms with Crippen molar-refractivity contribution in [3.63, 3.8) is 0 Å². The molecule has 0 saturated heterocycles. The summed E-state index contributed by atoms with van der Waals surface area (Å²) in [5, 5.41) is 1.78. The molecule has 9 heteroatoms. The van der Waals surface area contributed by atoms with Gasteiger partial charge in [0.2, 0.25) is 12.3 Å². The fourth-order valence-corrected chi connectivity index (χ4v) is 4.69. The van der Waals surface area contributed by atoms with Crippen molar-refractivity contribution in [2.75, 3.05) is 6.26 Å². The molecule has 0 heterocycles. The molecule has 1 aliphatic rings. The molecule has 31 heavy (non-hydrogen) atoms. The Kier molecular flexibility index (Phi) is 6.74. The molecule has 5 nitrogen and oxygen atoms in total. The van der Waals surface area contributed by atoms with Gasteiger partial charge in [0.05, 0.1) is 16.4 Å². The predicted molar refractivity (Wildman–Crippen MR) is 111 cm³/mol. The van der Waals surface area contributed by atoms with Crippen LogP contribution in [0.2, 0.25) is 0 Å². The van der Waals surface area contributed by atoms with E-state index in [0.717, 1.165) is 35.7 Å². The third-order valence-electron chi connectivity index (χ3n) is 5.23. The van der Waals surface area contributed by atoms with E-state index in [2.05, 4.69) is 5.32 Å². The van der Waals surface area contributed by atoms with E-state index in [4.69, 9.17) is 4.74 Å². The Morgan fingerprint density at radius 2 is 1.97 bits per heavy atom. The smallest absolute Gasteiger partial charge is 0.416 e. The Morgan fingerprint density at radius 1 is 1.23 bits per heavy atom. The molecule has 0 saturated carbocycles. The van der Waals surface area contributed by atoms with Gasteiger partial charge in [-0.1, -0.05) is 6.07 Å². The van der Waals surface area contributed by atoms with Gasteiger partial charge in [-0.25, -0.2) is 0 Å². The molecule has 2 amide bonds. The fraction of sp³-hybridized carbons (Fsp3) is 0.318. The van der Waals surface area contributed by atoms with Crippen molar-refractivity contribution in [2.45, 2.75) is 37.1 Å². The van der Waals surface area contributed by atoms with Crippen LogP contribution in [0.4, 0.5) is 13.2 Å². The summed E-state index contributed by atoms with van der Waals surface area (Å²) >= 11 is 1.36. The first-order valence-electron chi connectivity index (χ1n) is 9.45. The third-order valence-corrected chi connectivity index (χ3v) is 6.28. The van der Waals surface area contributed by atoms with Crippen LogP contribution in [0.5, 0.6) is 11.5 Å². The van der Waals surface area contributed by atoms with Gasteiger partial charge < -0.3 is 4.74 Å². The van der Waals surface area contributed by atoms with Crippen molar-refractivity contribution in [3.05, 3.63) is 58.7 Å². The van der Waals surface area contributed by atoms with Gasteiger partial charge in [-0.05, 0) is 67.5 Å². The molecule has 0 aromatic heterocycles. The lowest BCUT2D eigenvalue weighted by Gasteiger charge is -2.21. The van der Waals surface area contributed by atoms with E-state index in [0.29, 0.717) is 18.6 Å². The standard InChI is InChI=1S/C22H20F3NO4S/c1-12(28)18-10-14(22(23,24)25)4-8-19(18)30-15-5-7-16-13(9-15)3-6-17(16)20(31-2)21(29)26-11-27/h4-5,7-11,17,20H,3,6H2,1-2H3,(H,26,27,29)/t17-,20?/m1/s1. The summed E-state index contributed by atoms with van der Waals surface area (Å²) in [6.45, 7) is 1.18. The molecule has 1 unspecified atom stereocenters. The molecule has 2 atom stereocenters. The number of benzene rings is 2. The lowest BCUT2D eigenvalue weighted by Crippen LogP contribution is -2.35. The molecule has 164 valence electrons. The molecule has 0 spiro atoms. The number of carbonyl (C=O) groups excluding carboxylic acids is 3. The average molecular weight is 451 g/mol. The zero-order chi connectivity index (χ0) is 22.8. The number of nitrogens with one attached hydrogen (secondary N) is 1. The molecular formula is C22H20F3NO4S. The number of amides is 2. The normalized spacial score (nSPS) is 16.4. The first kappa shape index (κ1) is 22.9. The molecule has 2 aromatic carbocycles. The van der Waals surface area contributed by atoms with E-state index in [-0.39, 0.29) is 23.1 Å². The minimum Gasteiger partial charge on any atom is -0.457 e. The zero-order valence-electron chi connectivity index (χ0n) is 16.8. The predicted octanol–water partition coefficient (Wildman–Crippen LogP) is 4.73. The number of ketones is 1. The molecule has 1 aliphatic carbocycles. The van der Waals surface area contributed by atoms with Crippen molar-refractivity contribution in [1.82, 2.24) is 5.32 Å². The van der Waals surface area contributed by atoms with Gasteiger partial charge in [-0.15, -0.1) is 0 Å². The molecule has 0 aliphatic heterocycles. The van der Waals surface area contributed by atoms with Crippen molar-refractivity contribution >= 4 is 29.9 Å². The van der Waals surface area contributed by atoms with Crippen molar-refractivity contribution in [1.29, 1.82) is 0 Å². The minimum absolute atomic E-state index is 0.0438. The van der Waals surface area contributed by atoms with Crippen LogP contribution in [0, 0.1) is 0 Å². The van der Waals surface area contributed by atoms with Crippen LogP contribution in [-0.2, 0) is 22.2 Å². The lowest BCUT2D eigenvalue weighted by molar-refractivity contribution is -0.137. The zero-order valence-corrected chi connectivity index (χ0v) is 17.6. The highest BCUT2D eigenvalue weighted by Crippen LogP contribution is 2.42. The average Bonchev–Trinajstić information content (AvgIpc) is 3.11. The van der Waals surface area contributed by atoms with E-state index in [9.17, 15) is 27.6 Å². The second-order valence-electron chi connectivity index (χ2n) is 7.16. The summed E-state index contributed by atoms with van der Waals surface area (Å²) in [7, 11) is 0. The van der Waals surface area contributed by atoms with E-state index in [1.165, 1.54) is 18.7 Å². The van der Waals surface area contributed by atoms with Crippen molar-refractivity contribution in [2.24, 2.45) is 0 Å². The van der Waals surface area contributed by atoms with Crippen LogP contribution < -0.4 is 10.1 Å². The summed E-state index contributed by atoms with van der Waals surface area (Å²) in [6, 6.07) is 8.05. The maximum Gasteiger partial charge on any atom is 0.416 e. The Hall–Kier alpha value is -2.81. The van der Waals surface area contributed by atoms with Crippen LogP contribution in [0.15, 0.2) is 36.4 Å².